The molecule has 0 aromatic heterocycles. The van der Waals surface area contributed by atoms with Crippen molar-refractivity contribution in [3.8, 4) is 0 Å². The van der Waals surface area contributed by atoms with Gasteiger partial charge in [-0.15, -0.1) is 0 Å². The van der Waals surface area contributed by atoms with Crippen LogP contribution in [-0.2, 0) is 19.0 Å². The average molecular weight is 341 g/mol. The number of rotatable bonds is 12. The van der Waals surface area contributed by atoms with E-state index in [1.807, 2.05) is 6.92 Å². The minimum Gasteiger partial charge on any atom is -0.466 e. The number of nitrogens with one attached hydrogen (secondary N) is 1. The Hall–Kier alpha value is -0.910. The minimum absolute atomic E-state index is 0.113. The van der Waals surface area contributed by atoms with Crippen molar-refractivity contribution in [2.75, 3.05) is 27.4 Å². The van der Waals surface area contributed by atoms with Gasteiger partial charge in [-0.05, 0) is 32.1 Å². The zero-order valence-corrected chi connectivity index (χ0v) is 15.8. The number of allylic oxidation sites excluding steroid dienone is 2. The lowest BCUT2D eigenvalue weighted by Gasteiger charge is -2.27. The molecule has 0 unspecified atom stereocenters. The van der Waals surface area contributed by atoms with Gasteiger partial charge in [0.05, 0.1) is 13.0 Å². The molecule has 1 aliphatic heterocycles. The fraction of sp³-hybridized carbons (Fsp3) is 0.842. The van der Waals surface area contributed by atoms with Gasteiger partial charge in [0.1, 0.15) is 0 Å². The van der Waals surface area contributed by atoms with Gasteiger partial charge in [0.25, 0.3) is 0 Å². The van der Waals surface area contributed by atoms with Crippen LogP contribution in [0.5, 0.6) is 0 Å². The van der Waals surface area contributed by atoms with Crippen molar-refractivity contribution in [2.24, 2.45) is 11.8 Å². The van der Waals surface area contributed by atoms with Crippen LogP contribution in [0.25, 0.3) is 0 Å². The molecule has 1 aliphatic rings. The molecule has 0 amide bonds. The number of methoxy groups -OCH3 is 2. The van der Waals surface area contributed by atoms with Gasteiger partial charge in [0, 0.05) is 32.7 Å². The molecule has 0 saturated carbocycles. The molecule has 0 radical (unpaired) electrons. The lowest BCUT2D eigenvalue weighted by Crippen LogP contribution is -2.33. The summed E-state index contributed by atoms with van der Waals surface area (Å²) in [7, 11) is 3.34. The Morgan fingerprint density at radius 3 is 2.58 bits per heavy atom. The number of carbonyl (C=O) groups excluding carboxylic acids is 1. The molecule has 3 atom stereocenters. The number of esters is 1. The van der Waals surface area contributed by atoms with Crippen molar-refractivity contribution in [3.63, 3.8) is 0 Å². The predicted molar refractivity (Wildman–Crippen MR) is 95.7 cm³/mol. The molecule has 0 bridgehead atoms. The molecular weight excluding hydrogens is 306 g/mol. The second-order valence-corrected chi connectivity index (χ2v) is 6.39. The Bertz CT molecular complexity index is 368. The first-order valence-electron chi connectivity index (χ1n) is 9.27. The lowest BCUT2D eigenvalue weighted by atomic mass is 9.85. The number of ether oxygens (including phenoxy) is 3. The topological polar surface area (TPSA) is 56.8 Å². The summed E-state index contributed by atoms with van der Waals surface area (Å²) in [5.74, 6) is 0.403. The summed E-state index contributed by atoms with van der Waals surface area (Å²) in [6, 6.07) is 0.113. The Morgan fingerprint density at radius 1 is 1.21 bits per heavy atom. The Kier molecular flexibility index (Phi) is 11.0. The maximum Gasteiger partial charge on any atom is 0.307 e. The largest absolute Gasteiger partial charge is 0.466 e. The fourth-order valence-corrected chi connectivity index (χ4v) is 3.48. The fourth-order valence-electron chi connectivity index (χ4n) is 3.48. The van der Waals surface area contributed by atoms with Crippen LogP contribution in [0.4, 0.5) is 0 Å². The first-order valence-corrected chi connectivity index (χ1v) is 9.27. The van der Waals surface area contributed by atoms with Crippen LogP contribution in [0, 0.1) is 11.8 Å². The number of carbonyl (C=O) groups is 1. The highest BCUT2D eigenvalue weighted by Crippen LogP contribution is 2.32. The molecule has 0 aromatic rings. The van der Waals surface area contributed by atoms with Gasteiger partial charge in [-0.25, -0.2) is 0 Å². The van der Waals surface area contributed by atoms with Crippen molar-refractivity contribution in [2.45, 2.75) is 64.7 Å². The van der Waals surface area contributed by atoms with Gasteiger partial charge in [-0.3, -0.25) is 4.79 Å². The van der Waals surface area contributed by atoms with Gasteiger partial charge in [-0.2, -0.15) is 0 Å². The van der Waals surface area contributed by atoms with Crippen molar-refractivity contribution in [1.82, 2.24) is 5.32 Å². The third-order valence-corrected chi connectivity index (χ3v) is 4.74. The first kappa shape index (κ1) is 21.1. The van der Waals surface area contributed by atoms with Crippen LogP contribution in [0.2, 0.25) is 0 Å². The number of hydrogen-bond donors (Lipinski definition) is 1. The zero-order chi connectivity index (χ0) is 17.8. The van der Waals surface area contributed by atoms with Crippen LogP contribution >= 0.6 is 0 Å². The molecule has 24 heavy (non-hydrogen) atoms. The van der Waals surface area contributed by atoms with E-state index in [1.165, 1.54) is 19.3 Å². The monoisotopic (exact) mass is 341 g/mol. The van der Waals surface area contributed by atoms with Crippen molar-refractivity contribution in [1.29, 1.82) is 0 Å². The van der Waals surface area contributed by atoms with E-state index in [-0.39, 0.29) is 24.2 Å². The molecule has 140 valence electrons. The van der Waals surface area contributed by atoms with E-state index in [9.17, 15) is 4.79 Å². The van der Waals surface area contributed by atoms with Gasteiger partial charge in [0.2, 0.25) is 0 Å². The molecule has 0 aliphatic carbocycles. The lowest BCUT2D eigenvalue weighted by molar-refractivity contribution is -0.147. The summed E-state index contributed by atoms with van der Waals surface area (Å²) in [5.41, 5.74) is 0. The summed E-state index contributed by atoms with van der Waals surface area (Å²) >= 11 is 0. The Morgan fingerprint density at radius 2 is 1.96 bits per heavy atom. The standard InChI is InChI=1S/C19H35NO4/c1-5-7-8-9-10-11-12-15-16(19(22-3)23-4)14-20-17(15)13-18(21)24-6-2/h10-11,15-17,19-20H,5-9,12-14H2,1-4H3/b11-10+/t15-,16+,17+/m1/s1. The molecule has 1 rings (SSSR count). The van der Waals surface area contributed by atoms with Crippen LogP contribution in [-0.4, -0.2) is 45.7 Å². The highest BCUT2D eigenvalue weighted by Gasteiger charge is 2.40. The van der Waals surface area contributed by atoms with Crippen molar-refractivity contribution >= 4 is 5.97 Å². The van der Waals surface area contributed by atoms with E-state index in [2.05, 4.69) is 24.4 Å². The van der Waals surface area contributed by atoms with E-state index in [4.69, 9.17) is 14.2 Å². The molecular formula is C19H35NO4. The third kappa shape index (κ3) is 6.91. The van der Waals surface area contributed by atoms with E-state index in [0.29, 0.717) is 18.9 Å². The second kappa shape index (κ2) is 12.5. The van der Waals surface area contributed by atoms with Crippen LogP contribution in [0.3, 0.4) is 0 Å². The molecule has 1 saturated heterocycles. The van der Waals surface area contributed by atoms with E-state index >= 15 is 0 Å². The summed E-state index contributed by atoms with van der Waals surface area (Å²) in [4.78, 5) is 11.9. The molecule has 0 spiro atoms. The van der Waals surface area contributed by atoms with Crippen LogP contribution in [0.15, 0.2) is 12.2 Å². The number of unbranched alkanes of at least 4 members (excludes halogenated alkanes) is 3. The molecule has 1 fully saturated rings. The van der Waals surface area contributed by atoms with Gasteiger partial charge < -0.3 is 19.5 Å². The number of hydrogen-bond acceptors (Lipinski definition) is 5. The SMILES string of the molecule is CCCCC/C=C/C[C@H]1[C@H](CC(=O)OCC)NC[C@@H]1C(OC)OC. The minimum atomic E-state index is -0.247. The van der Waals surface area contributed by atoms with Crippen molar-refractivity contribution < 1.29 is 19.0 Å². The van der Waals surface area contributed by atoms with Crippen LogP contribution in [0.1, 0.15) is 52.4 Å². The molecule has 5 nitrogen and oxygen atoms in total. The summed E-state index contributed by atoms with van der Waals surface area (Å²) in [5, 5.41) is 3.46. The molecule has 1 heterocycles. The van der Waals surface area contributed by atoms with Crippen molar-refractivity contribution in [3.05, 3.63) is 12.2 Å². The maximum absolute atomic E-state index is 11.9. The van der Waals surface area contributed by atoms with E-state index in [1.54, 1.807) is 14.2 Å². The van der Waals surface area contributed by atoms with Gasteiger partial charge >= 0.3 is 5.97 Å². The zero-order valence-electron chi connectivity index (χ0n) is 15.8. The normalized spacial score (nSPS) is 24.1. The highest BCUT2D eigenvalue weighted by molar-refractivity contribution is 5.70. The highest BCUT2D eigenvalue weighted by atomic mass is 16.7. The predicted octanol–water partition coefficient (Wildman–Crippen LogP) is 3.29. The van der Waals surface area contributed by atoms with Gasteiger partial charge in [0.15, 0.2) is 6.29 Å². The average Bonchev–Trinajstić information content (AvgIpc) is 2.95. The van der Waals surface area contributed by atoms with Crippen LogP contribution < -0.4 is 5.32 Å². The first-order chi connectivity index (χ1) is 11.7. The third-order valence-electron chi connectivity index (χ3n) is 4.74. The quantitative estimate of drug-likeness (QED) is 0.255. The maximum atomic E-state index is 11.9. The molecule has 5 heteroatoms. The molecule has 1 N–H and O–H groups in total. The van der Waals surface area contributed by atoms with E-state index < -0.39 is 0 Å². The summed E-state index contributed by atoms with van der Waals surface area (Å²) in [6.45, 7) is 5.28. The van der Waals surface area contributed by atoms with Gasteiger partial charge in [-0.1, -0.05) is 31.9 Å². The Labute approximate surface area is 147 Å². The summed E-state index contributed by atoms with van der Waals surface area (Å²) in [6.07, 6.45) is 10.5. The second-order valence-electron chi connectivity index (χ2n) is 6.39. The van der Waals surface area contributed by atoms with E-state index in [0.717, 1.165) is 19.4 Å². The smallest absolute Gasteiger partial charge is 0.307 e. The summed E-state index contributed by atoms with van der Waals surface area (Å²) < 4.78 is 16.1. The Balaban J connectivity index is 2.63. The molecule has 0 aromatic carbocycles.